The van der Waals surface area contributed by atoms with Gasteiger partial charge in [-0.3, -0.25) is 9.69 Å². The van der Waals surface area contributed by atoms with E-state index in [2.05, 4.69) is 25.5 Å². The minimum atomic E-state index is -0.220. The van der Waals surface area contributed by atoms with Crippen LogP contribution in [-0.4, -0.2) is 32.2 Å². The molecule has 27 heavy (non-hydrogen) atoms. The predicted molar refractivity (Wildman–Crippen MR) is 104 cm³/mol. The highest BCUT2D eigenvalue weighted by atomic mass is 32.2. The fourth-order valence-corrected chi connectivity index (χ4v) is 3.85. The topological polar surface area (TPSA) is 53.9 Å². The van der Waals surface area contributed by atoms with E-state index in [9.17, 15) is 9.18 Å². The van der Waals surface area contributed by atoms with Gasteiger partial charge in [0.15, 0.2) is 5.16 Å². The van der Waals surface area contributed by atoms with Gasteiger partial charge in [0.05, 0.1) is 11.3 Å². The molecule has 1 aliphatic heterocycles. The highest BCUT2D eigenvalue weighted by Gasteiger charge is 2.21. The summed E-state index contributed by atoms with van der Waals surface area (Å²) in [6.45, 7) is 2.94. The number of halogens is 1. The molecule has 0 unspecified atom stereocenters. The van der Waals surface area contributed by atoms with E-state index < -0.39 is 0 Å². The zero-order chi connectivity index (χ0) is 18.8. The monoisotopic (exact) mass is 384 g/mol. The van der Waals surface area contributed by atoms with E-state index in [1.165, 1.54) is 29.6 Å². The number of hydrogen-bond donors (Lipinski definition) is 1. The van der Waals surface area contributed by atoms with E-state index in [-0.39, 0.29) is 11.4 Å². The molecule has 1 aliphatic rings. The van der Waals surface area contributed by atoms with Crippen molar-refractivity contribution in [3.63, 3.8) is 0 Å². The van der Waals surface area contributed by atoms with E-state index >= 15 is 0 Å². The Labute approximate surface area is 161 Å². The van der Waals surface area contributed by atoms with Gasteiger partial charge in [0.1, 0.15) is 5.82 Å². The number of rotatable bonds is 5. The maximum absolute atomic E-state index is 13.1. The molecule has 0 atom stereocenters. The van der Waals surface area contributed by atoms with Crippen LogP contribution in [0.25, 0.3) is 0 Å². The highest BCUT2D eigenvalue weighted by molar-refractivity contribution is 7.98. The minimum Gasteiger partial charge on any atom is -0.346 e. The standard InChI is InChI=1S/C20H21FN4OS/c1-27-20-22-18-8-10-24(13-17(18)19(26)23-20)12-16-3-2-9-25(16)11-14-4-6-15(21)7-5-14/h2-7,9H,8,10-13H2,1H3,(H,22,23,26). The SMILES string of the molecule is CSc1nc2c(c(=O)[nH]1)CN(Cc1cccn1Cc1ccc(F)cc1)CC2. The number of hydrogen-bond acceptors (Lipinski definition) is 4. The molecule has 0 aliphatic carbocycles. The molecule has 4 rings (SSSR count). The van der Waals surface area contributed by atoms with E-state index in [1.54, 1.807) is 0 Å². The van der Waals surface area contributed by atoms with Crippen molar-refractivity contribution in [3.8, 4) is 0 Å². The molecule has 1 aromatic carbocycles. The Bertz CT molecular complexity index is 996. The summed E-state index contributed by atoms with van der Waals surface area (Å²) in [6.07, 6.45) is 4.73. The first-order chi connectivity index (χ1) is 13.1. The van der Waals surface area contributed by atoms with Gasteiger partial charge in [-0.2, -0.15) is 0 Å². The normalized spacial score (nSPS) is 14.3. The van der Waals surface area contributed by atoms with E-state index in [4.69, 9.17) is 0 Å². The summed E-state index contributed by atoms with van der Waals surface area (Å²) in [5.74, 6) is -0.220. The highest BCUT2D eigenvalue weighted by Crippen LogP contribution is 2.19. The third-order valence-electron chi connectivity index (χ3n) is 4.89. The number of H-pyrrole nitrogens is 1. The van der Waals surface area contributed by atoms with Crippen LogP contribution in [0.5, 0.6) is 0 Å². The van der Waals surface area contributed by atoms with Crippen molar-refractivity contribution in [3.05, 3.63) is 81.3 Å². The average Bonchev–Trinajstić information content (AvgIpc) is 3.10. The summed E-state index contributed by atoms with van der Waals surface area (Å²) in [6, 6.07) is 10.7. The Kier molecular flexibility index (Phi) is 5.13. The van der Waals surface area contributed by atoms with Gasteiger partial charge in [-0.05, 0) is 36.1 Å². The van der Waals surface area contributed by atoms with Crippen LogP contribution in [0.15, 0.2) is 52.5 Å². The fraction of sp³-hybridized carbons (Fsp3) is 0.300. The van der Waals surface area contributed by atoms with E-state index in [0.717, 1.165) is 36.3 Å². The predicted octanol–water partition coefficient (Wildman–Crippen LogP) is 3.04. The van der Waals surface area contributed by atoms with Gasteiger partial charge in [0.2, 0.25) is 0 Å². The third kappa shape index (κ3) is 3.99. The third-order valence-corrected chi connectivity index (χ3v) is 5.47. The van der Waals surface area contributed by atoms with Crippen molar-refractivity contribution in [2.45, 2.75) is 31.2 Å². The van der Waals surface area contributed by atoms with E-state index in [1.807, 2.05) is 30.7 Å². The minimum absolute atomic E-state index is 0.0317. The fourth-order valence-electron chi connectivity index (χ4n) is 3.45. The molecule has 3 aromatic rings. The second-order valence-corrected chi connectivity index (χ2v) is 7.51. The first kappa shape index (κ1) is 18.0. The van der Waals surface area contributed by atoms with Gasteiger partial charge < -0.3 is 9.55 Å². The van der Waals surface area contributed by atoms with Crippen molar-refractivity contribution in [2.24, 2.45) is 0 Å². The van der Waals surface area contributed by atoms with Crippen LogP contribution in [0.3, 0.4) is 0 Å². The molecule has 0 saturated carbocycles. The quantitative estimate of drug-likeness (QED) is 0.543. The van der Waals surface area contributed by atoms with Crippen molar-refractivity contribution in [1.29, 1.82) is 0 Å². The summed E-state index contributed by atoms with van der Waals surface area (Å²) in [7, 11) is 0. The first-order valence-electron chi connectivity index (χ1n) is 8.89. The lowest BCUT2D eigenvalue weighted by Crippen LogP contribution is -2.35. The number of aromatic nitrogens is 3. The lowest BCUT2D eigenvalue weighted by molar-refractivity contribution is 0.235. The number of fused-ring (bicyclic) bond motifs is 1. The molecule has 3 heterocycles. The lowest BCUT2D eigenvalue weighted by atomic mass is 10.1. The van der Waals surface area contributed by atoms with Gasteiger partial charge >= 0.3 is 0 Å². The number of nitrogens with one attached hydrogen (secondary N) is 1. The molecule has 0 fully saturated rings. The second kappa shape index (κ2) is 7.70. The number of thioether (sulfide) groups is 1. The Morgan fingerprint density at radius 1 is 1.22 bits per heavy atom. The molecule has 0 amide bonds. The van der Waals surface area contributed by atoms with Crippen LogP contribution in [0, 0.1) is 5.82 Å². The number of aromatic amines is 1. The van der Waals surface area contributed by atoms with Gasteiger partial charge in [0, 0.05) is 44.5 Å². The number of nitrogens with zero attached hydrogens (tertiary/aromatic N) is 3. The lowest BCUT2D eigenvalue weighted by Gasteiger charge is -2.28. The molecular formula is C20H21FN4OS. The van der Waals surface area contributed by atoms with Crippen LogP contribution in [0.1, 0.15) is 22.5 Å². The molecule has 0 spiro atoms. The van der Waals surface area contributed by atoms with Crippen molar-refractivity contribution < 1.29 is 4.39 Å². The average molecular weight is 384 g/mol. The molecule has 0 bridgehead atoms. The van der Waals surface area contributed by atoms with Gasteiger partial charge in [-0.1, -0.05) is 23.9 Å². The van der Waals surface area contributed by atoms with Crippen molar-refractivity contribution in [1.82, 2.24) is 19.4 Å². The largest absolute Gasteiger partial charge is 0.346 e. The molecule has 7 heteroatoms. The maximum Gasteiger partial charge on any atom is 0.256 e. The molecule has 2 aromatic heterocycles. The second-order valence-electron chi connectivity index (χ2n) is 6.71. The summed E-state index contributed by atoms with van der Waals surface area (Å²) >= 11 is 1.46. The summed E-state index contributed by atoms with van der Waals surface area (Å²) in [4.78, 5) is 22.0. The Morgan fingerprint density at radius 2 is 2.04 bits per heavy atom. The maximum atomic E-state index is 13.1. The van der Waals surface area contributed by atoms with Crippen molar-refractivity contribution in [2.75, 3.05) is 12.8 Å². The van der Waals surface area contributed by atoms with Crippen LogP contribution in [0.2, 0.25) is 0 Å². The van der Waals surface area contributed by atoms with Crippen LogP contribution >= 0.6 is 11.8 Å². The van der Waals surface area contributed by atoms with Crippen molar-refractivity contribution >= 4 is 11.8 Å². The molecule has 1 N–H and O–H groups in total. The van der Waals surface area contributed by atoms with Gasteiger partial charge in [-0.25, -0.2) is 9.37 Å². The molecule has 5 nitrogen and oxygen atoms in total. The molecule has 0 saturated heterocycles. The zero-order valence-electron chi connectivity index (χ0n) is 15.1. The first-order valence-corrected chi connectivity index (χ1v) is 10.1. The van der Waals surface area contributed by atoms with E-state index in [0.29, 0.717) is 18.2 Å². The Morgan fingerprint density at radius 3 is 2.81 bits per heavy atom. The Hall–Kier alpha value is -2.38. The van der Waals surface area contributed by atoms with Gasteiger partial charge in [0.25, 0.3) is 5.56 Å². The van der Waals surface area contributed by atoms with Crippen LogP contribution in [0.4, 0.5) is 4.39 Å². The van der Waals surface area contributed by atoms with Gasteiger partial charge in [-0.15, -0.1) is 0 Å². The summed E-state index contributed by atoms with van der Waals surface area (Å²) in [5, 5.41) is 0.681. The smallest absolute Gasteiger partial charge is 0.256 e. The Balaban J connectivity index is 1.49. The van der Waals surface area contributed by atoms with Crippen LogP contribution in [-0.2, 0) is 26.1 Å². The molecular weight excluding hydrogens is 363 g/mol. The summed E-state index contributed by atoms with van der Waals surface area (Å²) < 4.78 is 15.3. The molecule has 140 valence electrons. The zero-order valence-corrected chi connectivity index (χ0v) is 15.9. The van der Waals surface area contributed by atoms with Crippen LogP contribution < -0.4 is 5.56 Å². The molecule has 0 radical (unpaired) electrons. The number of benzene rings is 1. The summed E-state index contributed by atoms with van der Waals surface area (Å²) in [5.41, 5.74) is 3.89.